The second kappa shape index (κ2) is 7.87. The molecular weight excluding hydrogens is 311 g/mol. The standard InChI is InChI=1S/C15H22Cl2N2O2/c1-15(2,3)21-14(20)19(4)8-7-18-10-11-9-12(16)5-6-13(11)17/h5-6,9,18H,7-8,10H2,1-4H3. The van der Waals surface area contributed by atoms with E-state index in [4.69, 9.17) is 27.9 Å². The summed E-state index contributed by atoms with van der Waals surface area (Å²) in [7, 11) is 1.71. The minimum absolute atomic E-state index is 0.329. The molecule has 0 aliphatic heterocycles. The fourth-order valence-corrected chi connectivity index (χ4v) is 1.96. The number of hydrogen-bond donors (Lipinski definition) is 1. The zero-order valence-corrected chi connectivity index (χ0v) is 14.4. The monoisotopic (exact) mass is 332 g/mol. The summed E-state index contributed by atoms with van der Waals surface area (Å²) < 4.78 is 5.27. The number of benzene rings is 1. The molecule has 0 bridgehead atoms. The maximum absolute atomic E-state index is 11.8. The van der Waals surface area contributed by atoms with Crippen molar-refractivity contribution in [1.29, 1.82) is 0 Å². The summed E-state index contributed by atoms with van der Waals surface area (Å²) in [5, 5.41) is 4.55. The van der Waals surface area contributed by atoms with E-state index in [9.17, 15) is 4.79 Å². The Morgan fingerprint density at radius 1 is 1.33 bits per heavy atom. The van der Waals surface area contributed by atoms with Crippen LogP contribution in [-0.2, 0) is 11.3 Å². The molecule has 21 heavy (non-hydrogen) atoms. The molecule has 118 valence electrons. The number of rotatable bonds is 5. The number of nitrogens with zero attached hydrogens (tertiary/aromatic N) is 1. The molecule has 0 aromatic heterocycles. The zero-order valence-electron chi connectivity index (χ0n) is 12.9. The number of amides is 1. The van der Waals surface area contributed by atoms with Crippen LogP contribution in [-0.4, -0.2) is 36.7 Å². The van der Waals surface area contributed by atoms with Gasteiger partial charge in [0, 0.05) is 36.7 Å². The molecule has 1 aromatic rings. The number of halogens is 2. The van der Waals surface area contributed by atoms with E-state index in [-0.39, 0.29) is 6.09 Å². The smallest absolute Gasteiger partial charge is 0.410 e. The molecule has 0 radical (unpaired) electrons. The normalized spacial score (nSPS) is 11.3. The van der Waals surface area contributed by atoms with Crippen molar-refractivity contribution in [3.8, 4) is 0 Å². The van der Waals surface area contributed by atoms with E-state index in [1.807, 2.05) is 26.8 Å². The zero-order chi connectivity index (χ0) is 16.0. The molecule has 0 fully saturated rings. The lowest BCUT2D eigenvalue weighted by atomic mass is 10.2. The summed E-state index contributed by atoms with van der Waals surface area (Å²) in [5.74, 6) is 0. The van der Waals surface area contributed by atoms with Crippen LogP contribution in [0.25, 0.3) is 0 Å². The van der Waals surface area contributed by atoms with Crippen molar-refractivity contribution in [2.24, 2.45) is 0 Å². The summed E-state index contributed by atoms with van der Waals surface area (Å²) in [6, 6.07) is 5.35. The van der Waals surface area contributed by atoms with E-state index in [1.165, 1.54) is 4.90 Å². The molecule has 0 saturated heterocycles. The fourth-order valence-electron chi connectivity index (χ4n) is 1.58. The van der Waals surface area contributed by atoms with Gasteiger partial charge in [0.15, 0.2) is 0 Å². The predicted molar refractivity (Wildman–Crippen MR) is 87.0 cm³/mol. The van der Waals surface area contributed by atoms with Crippen LogP contribution < -0.4 is 5.32 Å². The quantitative estimate of drug-likeness (QED) is 0.830. The first-order valence-electron chi connectivity index (χ1n) is 6.78. The van der Waals surface area contributed by atoms with Gasteiger partial charge in [-0.3, -0.25) is 0 Å². The lowest BCUT2D eigenvalue weighted by Gasteiger charge is -2.24. The summed E-state index contributed by atoms with van der Waals surface area (Å²) in [6.45, 7) is 7.32. The molecule has 0 heterocycles. The van der Waals surface area contributed by atoms with Gasteiger partial charge in [-0.15, -0.1) is 0 Å². The number of carbonyl (C=O) groups is 1. The second-order valence-electron chi connectivity index (χ2n) is 5.81. The lowest BCUT2D eigenvalue weighted by Crippen LogP contribution is -2.37. The first-order chi connectivity index (χ1) is 9.69. The first-order valence-corrected chi connectivity index (χ1v) is 7.53. The number of ether oxygens (including phenoxy) is 1. The Balaban J connectivity index is 2.34. The first kappa shape index (κ1) is 18.1. The van der Waals surface area contributed by atoms with Crippen LogP contribution in [0.3, 0.4) is 0 Å². The van der Waals surface area contributed by atoms with E-state index >= 15 is 0 Å². The highest BCUT2D eigenvalue weighted by Gasteiger charge is 2.19. The molecule has 1 aromatic carbocycles. The van der Waals surface area contributed by atoms with Crippen LogP contribution in [0.15, 0.2) is 18.2 Å². The molecule has 1 N–H and O–H groups in total. The van der Waals surface area contributed by atoms with Crippen molar-refractivity contribution in [2.75, 3.05) is 20.1 Å². The summed E-state index contributed by atoms with van der Waals surface area (Å²) >= 11 is 12.0. The van der Waals surface area contributed by atoms with Crippen molar-refractivity contribution in [3.05, 3.63) is 33.8 Å². The van der Waals surface area contributed by atoms with Crippen molar-refractivity contribution in [1.82, 2.24) is 10.2 Å². The number of likely N-dealkylation sites (N-methyl/N-ethyl adjacent to an activating group) is 1. The van der Waals surface area contributed by atoms with Gasteiger partial charge in [0.05, 0.1) is 0 Å². The van der Waals surface area contributed by atoms with Gasteiger partial charge in [0.25, 0.3) is 0 Å². The largest absolute Gasteiger partial charge is 0.444 e. The molecule has 0 atom stereocenters. The van der Waals surface area contributed by atoms with E-state index in [0.717, 1.165) is 5.56 Å². The van der Waals surface area contributed by atoms with Gasteiger partial charge >= 0.3 is 6.09 Å². The third-order valence-electron chi connectivity index (χ3n) is 2.65. The molecule has 4 nitrogen and oxygen atoms in total. The second-order valence-corrected chi connectivity index (χ2v) is 6.66. The number of nitrogens with one attached hydrogen (secondary N) is 1. The predicted octanol–water partition coefficient (Wildman–Crippen LogP) is 3.95. The number of carbonyl (C=O) groups excluding carboxylic acids is 1. The summed E-state index contributed by atoms with van der Waals surface area (Å²) in [5.41, 5.74) is 0.455. The van der Waals surface area contributed by atoms with Gasteiger partial charge in [-0.05, 0) is 44.5 Å². The minimum Gasteiger partial charge on any atom is -0.444 e. The molecule has 0 saturated carbocycles. The molecule has 0 aliphatic carbocycles. The van der Waals surface area contributed by atoms with Crippen LogP contribution in [0.2, 0.25) is 10.0 Å². The maximum atomic E-state index is 11.8. The highest BCUT2D eigenvalue weighted by Crippen LogP contribution is 2.20. The summed E-state index contributed by atoms with van der Waals surface area (Å²) in [6.07, 6.45) is -0.329. The van der Waals surface area contributed by atoms with E-state index in [0.29, 0.717) is 29.7 Å². The Morgan fingerprint density at radius 3 is 2.62 bits per heavy atom. The fraction of sp³-hybridized carbons (Fsp3) is 0.533. The maximum Gasteiger partial charge on any atom is 0.410 e. The van der Waals surface area contributed by atoms with Gasteiger partial charge in [0.2, 0.25) is 0 Å². The minimum atomic E-state index is -0.479. The highest BCUT2D eigenvalue weighted by molar-refractivity contribution is 6.33. The van der Waals surface area contributed by atoms with Crippen molar-refractivity contribution < 1.29 is 9.53 Å². The molecule has 1 rings (SSSR count). The van der Waals surface area contributed by atoms with Crippen LogP contribution in [0, 0.1) is 0 Å². The number of hydrogen-bond acceptors (Lipinski definition) is 3. The Labute approximate surface area is 136 Å². The van der Waals surface area contributed by atoms with Crippen molar-refractivity contribution in [2.45, 2.75) is 32.9 Å². The van der Waals surface area contributed by atoms with Gasteiger partial charge in [0.1, 0.15) is 5.60 Å². The Bertz CT molecular complexity index is 487. The molecular formula is C15H22Cl2N2O2. The van der Waals surface area contributed by atoms with Crippen LogP contribution in [0.5, 0.6) is 0 Å². The topological polar surface area (TPSA) is 41.6 Å². The van der Waals surface area contributed by atoms with Gasteiger partial charge < -0.3 is 15.0 Å². The lowest BCUT2D eigenvalue weighted by molar-refractivity contribution is 0.0300. The third kappa shape index (κ3) is 7.02. The molecule has 0 unspecified atom stereocenters. The van der Waals surface area contributed by atoms with E-state index < -0.39 is 5.60 Å². The average Bonchev–Trinajstić information content (AvgIpc) is 2.36. The molecule has 6 heteroatoms. The molecule has 1 amide bonds. The Morgan fingerprint density at radius 2 is 2.00 bits per heavy atom. The third-order valence-corrected chi connectivity index (χ3v) is 3.26. The molecule has 0 spiro atoms. The van der Waals surface area contributed by atoms with Gasteiger partial charge in [-0.1, -0.05) is 23.2 Å². The average molecular weight is 333 g/mol. The van der Waals surface area contributed by atoms with Gasteiger partial charge in [-0.25, -0.2) is 4.79 Å². The van der Waals surface area contributed by atoms with Crippen molar-refractivity contribution in [3.63, 3.8) is 0 Å². The van der Waals surface area contributed by atoms with Crippen LogP contribution in [0.1, 0.15) is 26.3 Å². The van der Waals surface area contributed by atoms with Crippen LogP contribution >= 0.6 is 23.2 Å². The molecule has 0 aliphatic rings. The summed E-state index contributed by atoms with van der Waals surface area (Å²) in [4.78, 5) is 13.3. The van der Waals surface area contributed by atoms with E-state index in [2.05, 4.69) is 5.32 Å². The van der Waals surface area contributed by atoms with Crippen molar-refractivity contribution >= 4 is 29.3 Å². The Hall–Kier alpha value is -0.970. The SMILES string of the molecule is CN(CCNCc1cc(Cl)ccc1Cl)C(=O)OC(C)(C)C. The van der Waals surface area contributed by atoms with Crippen LogP contribution in [0.4, 0.5) is 4.79 Å². The van der Waals surface area contributed by atoms with E-state index in [1.54, 1.807) is 19.2 Å². The Kier molecular flexibility index (Phi) is 6.78. The highest BCUT2D eigenvalue weighted by atomic mass is 35.5. The van der Waals surface area contributed by atoms with Gasteiger partial charge in [-0.2, -0.15) is 0 Å².